The average molecular weight is 258 g/mol. The fraction of sp³-hybridized carbons (Fsp3) is 0.133. The topological polar surface area (TPSA) is 55.1 Å². The Balaban J connectivity index is 2.12. The summed E-state index contributed by atoms with van der Waals surface area (Å²) >= 11 is 0. The Morgan fingerprint density at radius 3 is 2.79 bits per heavy atom. The number of halogens is 1. The number of primary amides is 1. The lowest BCUT2D eigenvalue weighted by molar-refractivity contribution is 0.1000. The molecule has 1 amide bonds. The van der Waals surface area contributed by atoms with E-state index in [4.69, 9.17) is 5.73 Å². The third-order valence-corrected chi connectivity index (χ3v) is 2.82. The summed E-state index contributed by atoms with van der Waals surface area (Å²) in [4.78, 5) is 11.1. The lowest BCUT2D eigenvalue weighted by Crippen LogP contribution is -2.11. The van der Waals surface area contributed by atoms with Gasteiger partial charge in [0.1, 0.15) is 5.82 Å². The normalized spacial score (nSPS) is 10.2. The molecule has 0 bridgehead atoms. The predicted molar refractivity (Wildman–Crippen MR) is 73.4 cm³/mol. The first-order chi connectivity index (χ1) is 9.06. The van der Waals surface area contributed by atoms with Crippen molar-refractivity contribution < 1.29 is 9.18 Å². The molecule has 0 fully saturated rings. The van der Waals surface area contributed by atoms with Crippen molar-refractivity contribution in [3.05, 3.63) is 65.0 Å². The van der Waals surface area contributed by atoms with Crippen molar-refractivity contribution in [1.82, 2.24) is 0 Å². The molecular weight excluding hydrogens is 243 g/mol. The minimum atomic E-state index is -0.469. The number of rotatable bonds is 4. The van der Waals surface area contributed by atoms with Crippen molar-refractivity contribution in [2.45, 2.75) is 13.5 Å². The minimum Gasteiger partial charge on any atom is -0.379 e. The van der Waals surface area contributed by atoms with Gasteiger partial charge in [-0.05, 0) is 42.3 Å². The fourth-order valence-corrected chi connectivity index (χ4v) is 1.81. The number of aryl methyl sites for hydroxylation is 1. The third-order valence-electron chi connectivity index (χ3n) is 2.82. The van der Waals surface area contributed by atoms with E-state index in [1.807, 2.05) is 13.0 Å². The first-order valence-electron chi connectivity index (χ1n) is 5.95. The SMILES string of the molecule is Cc1ccc(F)c(NCc2cccc(C(N)=O)c2)c1. The van der Waals surface area contributed by atoms with Crippen LogP contribution in [-0.4, -0.2) is 5.91 Å². The zero-order chi connectivity index (χ0) is 13.8. The maximum Gasteiger partial charge on any atom is 0.248 e. The summed E-state index contributed by atoms with van der Waals surface area (Å²) in [7, 11) is 0. The van der Waals surface area contributed by atoms with E-state index in [9.17, 15) is 9.18 Å². The smallest absolute Gasteiger partial charge is 0.248 e. The van der Waals surface area contributed by atoms with Crippen LogP contribution < -0.4 is 11.1 Å². The summed E-state index contributed by atoms with van der Waals surface area (Å²) in [6.07, 6.45) is 0. The fourth-order valence-electron chi connectivity index (χ4n) is 1.81. The van der Waals surface area contributed by atoms with Crippen molar-refractivity contribution in [3.8, 4) is 0 Å². The van der Waals surface area contributed by atoms with E-state index in [2.05, 4.69) is 5.32 Å². The second-order valence-corrected chi connectivity index (χ2v) is 4.40. The van der Waals surface area contributed by atoms with Gasteiger partial charge in [0.2, 0.25) is 5.91 Å². The number of carbonyl (C=O) groups is 1. The lowest BCUT2D eigenvalue weighted by atomic mass is 10.1. The van der Waals surface area contributed by atoms with Gasteiger partial charge in [-0.25, -0.2) is 4.39 Å². The van der Waals surface area contributed by atoms with Crippen LogP contribution in [-0.2, 0) is 6.54 Å². The zero-order valence-corrected chi connectivity index (χ0v) is 10.6. The number of benzene rings is 2. The zero-order valence-electron chi connectivity index (χ0n) is 10.6. The van der Waals surface area contributed by atoms with Crippen LogP contribution in [0.25, 0.3) is 0 Å². The molecule has 3 nitrogen and oxygen atoms in total. The Morgan fingerprint density at radius 1 is 1.26 bits per heavy atom. The summed E-state index contributed by atoms with van der Waals surface area (Å²) in [5.74, 6) is -0.764. The summed E-state index contributed by atoms with van der Waals surface area (Å²) < 4.78 is 13.5. The molecule has 2 rings (SSSR count). The van der Waals surface area contributed by atoms with Crippen LogP contribution in [0.1, 0.15) is 21.5 Å². The van der Waals surface area contributed by atoms with E-state index in [1.165, 1.54) is 6.07 Å². The van der Waals surface area contributed by atoms with Crippen LogP contribution in [0.15, 0.2) is 42.5 Å². The predicted octanol–water partition coefficient (Wildman–Crippen LogP) is 2.85. The van der Waals surface area contributed by atoms with Crippen LogP contribution in [0.4, 0.5) is 10.1 Å². The first-order valence-corrected chi connectivity index (χ1v) is 5.95. The van der Waals surface area contributed by atoms with Crippen LogP contribution in [0.3, 0.4) is 0 Å². The third kappa shape index (κ3) is 3.31. The number of amides is 1. The van der Waals surface area contributed by atoms with E-state index >= 15 is 0 Å². The molecular formula is C15H15FN2O. The maximum absolute atomic E-state index is 13.5. The summed E-state index contributed by atoms with van der Waals surface area (Å²) in [5.41, 5.74) is 7.97. The highest BCUT2D eigenvalue weighted by molar-refractivity contribution is 5.92. The highest BCUT2D eigenvalue weighted by atomic mass is 19.1. The van der Waals surface area contributed by atoms with E-state index < -0.39 is 5.91 Å². The van der Waals surface area contributed by atoms with Gasteiger partial charge in [-0.2, -0.15) is 0 Å². The van der Waals surface area contributed by atoms with E-state index in [0.29, 0.717) is 17.8 Å². The molecule has 0 atom stereocenters. The van der Waals surface area contributed by atoms with Gasteiger partial charge in [-0.15, -0.1) is 0 Å². The molecule has 0 heterocycles. The molecule has 19 heavy (non-hydrogen) atoms. The summed E-state index contributed by atoms with van der Waals surface area (Å²) in [6, 6.07) is 11.8. The molecule has 0 saturated heterocycles. The number of hydrogen-bond acceptors (Lipinski definition) is 2. The second-order valence-electron chi connectivity index (χ2n) is 4.40. The van der Waals surface area contributed by atoms with Crippen LogP contribution in [0.2, 0.25) is 0 Å². The summed E-state index contributed by atoms with van der Waals surface area (Å²) in [5, 5.41) is 3.01. The average Bonchev–Trinajstić information content (AvgIpc) is 2.40. The Morgan fingerprint density at radius 2 is 2.05 bits per heavy atom. The standard InChI is InChI=1S/C15H15FN2O/c1-10-5-6-13(16)14(7-10)18-9-11-3-2-4-12(8-11)15(17)19/h2-8,18H,9H2,1H3,(H2,17,19). The van der Waals surface area contributed by atoms with Gasteiger partial charge in [0, 0.05) is 12.1 Å². The van der Waals surface area contributed by atoms with E-state index in [-0.39, 0.29) is 5.82 Å². The molecule has 2 aromatic rings. The number of nitrogens with two attached hydrogens (primary N) is 1. The van der Waals surface area contributed by atoms with Crippen molar-refractivity contribution in [3.63, 3.8) is 0 Å². The molecule has 0 radical (unpaired) electrons. The molecule has 3 N–H and O–H groups in total. The van der Waals surface area contributed by atoms with Crippen molar-refractivity contribution in [2.24, 2.45) is 5.73 Å². The van der Waals surface area contributed by atoms with Gasteiger partial charge in [-0.1, -0.05) is 18.2 Å². The van der Waals surface area contributed by atoms with Crippen molar-refractivity contribution in [1.29, 1.82) is 0 Å². The number of nitrogens with one attached hydrogen (secondary N) is 1. The van der Waals surface area contributed by atoms with Gasteiger partial charge in [0.15, 0.2) is 0 Å². The molecule has 98 valence electrons. The quantitative estimate of drug-likeness (QED) is 0.886. The molecule has 0 unspecified atom stereocenters. The van der Waals surface area contributed by atoms with Gasteiger partial charge in [0.25, 0.3) is 0 Å². The van der Waals surface area contributed by atoms with Crippen LogP contribution in [0, 0.1) is 12.7 Å². The van der Waals surface area contributed by atoms with Gasteiger partial charge < -0.3 is 11.1 Å². The maximum atomic E-state index is 13.5. The van der Waals surface area contributed by atoms with Crippen LogP contribution in [0.5, 0.6) is 0 Å². The highest BCUT2D eigenvalue weighted by Crippen LogP contribution is 2.17. The molecule has 0 aliphatic rings. The number of carbonyl (C=O) groups excluding carboxylic acids is 1. The second kappa shape index (κ2) is 5.52. The Labute approximate surface area is 111 Å². The van der Waals surface area contributed by atoms with Crippen molar-refractivity contribution >= 4 is 11.6 Å². The molecule has 0 aromatic heterocycles. The lowest BCUT2D eigenvalue weighted by Gasteiger charge is -2.09. The van der Waals surface area contributed by atoms with Gasteiger partial charge >= 0.3 is 0 Å². The number of hydrogen-bond donors (Lipinski definition) is 2. The molecule has 0 spiro atoms. The molecule has 0 saturated carbocycles. The van der Waals surface area contributed by atoms with E-state index in [1.54, 1.807) is 30.3 Å². The Hall–Kier alpha value is -2.36. The van der Waals surface area contributed by atoms with Gasteiger partial charge in [0.05, 0.1) is 5.69 Å². The molecule has 0 aliphatic heterocycles. The molecule has 0 aliphatic carbocycles. The van der Waals surface area contributed by atoms with Gasteiger partial charge in [-0.3, -0.25) is 4.79 Å². The largest absolute Gasteiger partial charge is 0.379 e. The first kappa shape index (κ1) is 13.1. The number of anilines is 1. The minimum absolute atomic E-state index is 0.295. The van der Waals surface area contributed by atoms with E-state index in [0.717, 1.165) is 11.1 Å². The Kier molecular flexibility index (Phi) is 3.80. The monoisotopic (exact) mass is 258 g/mol. The molecule has 2 aromatic carbocycles. The highest BCUT2D eigenvalue weighted by Gasteiger charge is 2.04. The van der Waals surface area contributed by atoms with Crippen LogP contribution >= 0.6 is 0 Å². The summed E-state index contributed by atoms with van der Waals surface area (Å²) in [6.45, 7) is 2.33. The molecule has 4 heteroatoms. The Bertz CT molecular complexity index is 611. The van der Waals surface area contributed by atoms with Crippen molar-refractivity contribution in [2.75, 3.05) is 5.32 Å².